The standard InChI is InChI=1S/C18H25N5/c1-13-8-6-7-11-23(13)18-16(19)17(20-12-21-18)22-14(2)15-9-4-3-5-10-15/h3-5,9-10,12-14H,6-8,11,19H2,1-2H3,(H,20,21,22). The van der Waals surface area contributed by atoms with Crippen LogP contribution in [0.3, 0.4) is 0 Å². The molecule has 1 aromatic carbocycles. The molecule has 2 unspecified atom stereocenters. The van der Waals surface area contributed by atoms with E-state index in [9.17, 15) is 0 Å². The SMILES string of the molecule is CC(Nc1ncnc(N2CCCCC2C)c1N)c1ccccc1. The van der Waals surface area contributed by atoms with Gasteiger partial charge in [-0.25, -0.2) is 9.97 Å². The highest BCUT2D eigenvalue weighted by molar-refractivity contribution is 5.75. The molecule has 0 bridgehead atoms. The maximum atomic E-state index is 6.37. The third kappa shape index (κ3) is 3.38. The van der Waals surface area contributed by atoms with Crippen LogP contribution in [0, 0.1) is 0 Å². The Hall–Kier alpha value is -2.30. The van der Waals surface area contributed by atoms with Gasteiger partial charge in [-0.1, -0.05) is 30.3 Å². The Morgan fingerprint density at radius 1 is 1.22 bits per heavy atom. The summed E-state index contributed by atoms with van der Waals surface area (Å²) in [6.45, 7) is 5.36. The van der Waals surface area contributed by atoms with Crippen molar-refractivity contribution in [1.29, 1.82) is 0 Å². The van der Waals surface area contributed by atoms with Crippen LogP contribution in [0.25, 0.3) is 0 Å². The van der Waals surface area contributed by atoms with Crippen molar-refractivity contribution < 1.29 is 0 Å². The van der Waals surface area contributed by atoms with E-state index in [4.69, 9.17) is 5.73 Å². The number of hydrogen-bond acceptors (Lipinski definition) is 5. The van der Waals surface area contributed by atoms with E-state index in [1.54, 1.807) is 6.33 Å². The second-order valence-electron chi connectivity index (χ2n) is 6.27. The average molecular weight is 311 g/mol. The van der Waals surface area contributed by atoms with Crippen LogP contribution in [0.4, 0.5) is 17.3 Å². The third-order valence-electron chi connectivity index (χ3n) is 4.59. The van der Waals surface area contributed by atoms with E-state index in [2.05, 4.69) is 46.2 Å². The van der Waals surface area contributed by atoms with Crippen LogP contribution in [0.1, 0.15) is 44.7 Å². The zero-order valence-electron chi connectivity index (χ0n) is 13.9. The summed E-state index contributed by atoms with van der Waals surface area (Å²) in [4.78, 5) is 11.1. The number of nitrogens with two attached hydrogens (primary N) is 1. The Labute approximate surface area is 137 Å². The number of aromatic nitrogens is 2. The number of benzene rings is 1. The summed E-state index contributed by atoms with van der Waals surface area (Å²) in [5.74, 6) is 1.57. The van der Waals surface area contributed by atoms with E-state index in [1.807, 2.05) is 18.2 Å². The molecular formula is C18H25N5. The predicted octanol–water partition coefficient (Wildman–Crippen LogP) is 3.61. The summed E-state index contributed by atoms with van der Waals surface area (Å²) in [5, 5.41) is 3.42. The van der Waals surface area contributed by atoms with Gasteiger partial charge in [-0.15, -0.1) is 0 Å². The van der Waals surface area contributed by atoms with Crippen LogP contribution in [0.15, 0.2) is 36.7 Å². The Morgan fingerprint density at radius 3 is 2.74 bits per heavy atom. The topological polar surface area (TPSA) is 67.1 Å². The van der Waals surface area contributed by atoms with Gasteiger partial charge in [-0.2, -0.15) is 0 Å². The molecule has 1 aliphatic heterocycles. The molecule has 2 heterocycles. The van der Waals surface area contributed by atoms with Gasteiger partial charge in [0.25, 0.3) is 0 Å². The summed E-state index contributed by atoms with van der Waals surface area (Å²) in [5.41, 5.74) is 8.22. The smallest absolute Gasteiger partial charge is 0.157 e. The number of rotatable bonds is 4. The molecule has 2 aromatic rings. The molecule has 0 saturated carbocycles. The normalized spacial score (nSPS) is 19.4. The number of nitrogen functional groups attached to an aromatic ring is 1. The first-order chi connectivity index (χ1) is 11.2. The van der Waals surface area contributed by atoms with Crippen molar-refractivity contribution in [1.82, 2.24) is 9.97 Å². The van der Waals surface area contributed by atoms with Gasteiger partial charge in [0.15, 0.2) is 11.6 Å². The Kier molecular flexibility index (Phi) is 4.65. The van der Waals surface area contributed by atoms with Crippen molar-refractivity contribution in [2.45, 2.75) is 45.2 Å². The lowest BCUT2D eigenvalue weighted by molar-refractivity contribution is 0.481. The Morgan fingerprint density at radius 2 is 2.00 bits per heavy atom. The molecule has 1 saturated heterocycles. The van der Waals surface area contributed by atoms with Gasteiger partial charge < -0.3 is 16.0 Å². The van der Waals surface area contributed by atoms with Crippen LogP contribution >= 0.6 is 0 Å². The van der Waals surface area contributed by atoms with Gasteiger partial charge in [-0.05, 0) is 38.7 Å². The van der Waals surface area contributed by atoms with Gasteiger partial charge in [0.1, 0.15) is 12.0 Å². The molecule has 122 valence electrons. The van der Waals surface area contributed by atoms with Crippen LogP contribution in [-0.2, 0) is 0 Å². The molecule has 1 fully saturated rings. The highest BCUT2D eigenvalue weighted by atomic mass is 15.2. The fourth-order valence-corrected chi connectivity index (χ4v) is 3.17. The van der Waals surface area contributed by atoms with Gasteiger partial charge in [0.05, 0.1) is 6.04 Å². The lowest BCUT2D eigenvalue weighted by atomic mass is 10.0. The first-order valence-electron chi connectivity index (χ1n) is 8.35. The van der Waals surface area contributed by atoms with Crippen molar-refractivity contribution in [3.63, 3.8) is 0 Å². The molecule has 5 heteroatoms. The summed E-state index contributed by atoms with van der Waals surface area (Å²) in [6, 6.07) is 10.9. The molecule has 5 nitrogen and oxygen atoms in total. The van der Waals surface area contributed by atoms with Crippen molar-refractivity contribution in [3.8, 4) is 0 Å². The monoisotopic (exact) mass is 311 g/mol. The molecule has 23 heavy (non-hydrogen) atoms. The number of nitrogens with one attached hydrogen (secondary N) is 1. The summed E-state index contributed by atoms with van der Waals surface area (Å²) in [7, 11) is 0. The minimum absolute atomic E-state index is 0.139. The average Bonchev–Trinajstić information content (AvgIpc) is 2.58. The second kappa shape index (κ2) is 6.86. The van der Waals surface area contributed by atoms with E-state index in [0.717, 1.165) is 12.4 Å². The fraction of sp³-hybridized carbons (Fsp3) is 0.444. The molecule has 0 spiro atoms. The van der Waals surface area contributed by atoms with Gasteiger partial charge in [0.2, 0.25) is 0 Å². The molecule has 0 radical (unpaired) electrons. The van der Waals surface area contributed by atoms with E-state index in [-0.39, 0.29) is 6.04 Å². The van der Waals surface area contributed by atoms with Crippen LogP contribution in [0.5, 0.6) is 0 Å². The minimum atomic E-state index is 0.139. The number of nitrogens with zero attached hydrogens (tertiary/aromatic N) is 3. The second-order valence-corrected chi connectivity index (χ2v) is 6.27. The van der Waals surface area contributed by atoms with Crippen molar-refractivity contribution in [2.75, 3.05) is 22.5 Å². The van der Waals surface area contributed by atoms with Crippen molar-refractivity contribution >= 4 is 17.3 Å². The van der Waals surface area contributed by atoms with Gasteiger partial charge in [-0.3, -0.25) is 0 Å². The van der Waals surface area contributed by atoms with E-state index < -0.39 is 0 Å². The number of hydrogen-bond donors (Lipinski definition) is 2. The Bertz CT molecular complexity index is 643. The van der Waals surface area contributed by atoms with Crippen LogP contribution < -0.4 is 16.0 Å². The van der Waals surface area contributed by atoms with E-state index in [1.165, 1.54) is 24.8 Å². The minimum Gasteiger partial charge on any atom is -0.393 e. The lowest BCUT2D eigenvalue weighted by Gasteiger charge is -2.35. The maximum absolute atomic E-state index is 6.37. The van der Waals surface area contributed by atoms with E-state index in [0.29, 0.717) is 17.5 Å². The van der Waals surface area contributed by atoms with Crippen molar-refractivity contribution in [2.24, 2.45) is 0 Å². The number of anilines is 3. The first kappa shape index (κ1) is 15.6. The van der Waals surface area contributed by atoms with E-state index >= 15 is 0 Å². The molecule has 0 aliphatic carbocycles. The zero-order chi connectivity index (χ0) is 16.2. The largest absolute Gasteiger partial charge is 0.393 e. The molecule has 2 atom stereocenters. The summed E-state index contributed by atoms with van der Waals surface area (Å²) < 4.78 is 0. The van der Waals surface area contributed by atoms with Gasteiger partial charge in [0, 0.05) is 12.6 Å². The molecule has 0 amide bonds. The highest BCUT2D eigenvalue weighted by Gasteiger charge is 2.23. The van der Waals surface area contributed by atoms with Crippen LogP contribution in [0.2, 0.25) is 0 Å². The van der Waals surface area contributed by atoms with Crippen molar-refractivity contribution in [3.05, 3.63) is 42.2 Å². The fourth-order valence-electron chi connectivity index (χ4n) is 3.17. The highest BCUT2D eigenvalue weighted by Crippen LogP contribution is 2.32. The van der Waals surface area contributed by atoms with Gasteiger partial charge >= 0.3 is 0 Å². The number of piperidine rings is 1. The summed E-state index contributed by atoms with van der Waals surface area (Å²) >= 11 is 0. The maximum Gasteiger partial charge on any atom is 0.157 e. The lowest BCUT2D eigenvalue weighted by Crippen LogP contribution is -2.38. The summed E-state index contributed by atoms with van der Waals surface area (Å²) in [6.07, 6.45) is 5.26. The zero-order valence-corrected chi connectivity index (χ0v) is 13.9. The predicted molar refractivity (Wildman–Crippen MR) is 95.6 cm³/mol. The third-order valence-corrected chi connectivity index (χ3v) is 4.59. The molecule has 3 rings (SSSR count). The molecule has 3 N–H and O–H groups in total. The molecular weight excluding hydrogens is 286 g/mol. The molecule has 1 aliphatic rings. The first-order valence-corrected chi connectivity index (χ1v) is 8.35. The quantitative estimate of drug-likeness (QED) is 0.903. The molecule has 1 aromatic heterocycles. The van der Waals surface area contributed by atoms with Crippen LogP contribution in [-0.4, -0.2) is 22.6 Å². The Balaban J connectivity index is 1.82.